The van der Waals surface area contributed by atoms with Gasteiger partial charge in [-0.3, -0.25) is 4.90 Å². The van der Waals surface area contributed by atoms with Gasteiger partial charge in [-0.05, 0) is 37.6 Å². The number of piperidine rings is 1. The molecule has 0 spiro atoms. The predicted molar refractivity (Wildman–Crippen MR) is 113 cm³/mol. The Labute approximate surface area is 183 Å². The molecule has 3 fully saturated rings. The van der Waals surface area contributed by atoms with Crippen LogP contribution >= 0.6 is 11.6 Å². The van der Waals surface area contributed by atoms with Crippen molar-refractivity contribution in [1.29, 1.82) is 0 Å². The van der Waals surface area contributed by atoms with Gasteiger partial charge in [0.2, 0.25) is 10.0 Å². The largest absolute Gasteiger partial charge is 0.504 e. The lowest BCUT2D eigenvalue weighted by Crippen LogP contribution is -2.43. The molecule has 3 saturated heterocycles. The molecule has 0 radical (unpaired) electrons. The number of rotatable bonds is 4. The van der Waals surface area contributed by atoms with Crippen molar-refractivity contribution < 1.29 is 22.7 Å². The van der Waals surface area contributed by atoms with Crippen LogP contribution in [0.1, 0.15) is 12.0 Å². The van der Waals surface area contributed by atoms with E-state index in [1.807, 2.05) is 0 Å². The molecule has 2 aromatic carbocycles. The summed E-state index contributed by atoms with van der Waals surface area (Å²) in [5, 5.41) is 15.5. The third-order valence-electron chi connectivity index (χ3n) is 6.29. The summed E-state index contributed by atoms with van der Waals surface area (Å²) in [6.07, 6.45) is 0.773. The molecule has 31 heavy (non-hydrogen) atoms. The molecule has 8 nitrogen and oxygen atoms in total. The van der Waals surface area contributed by atoms with Gasteiger partial charge in [0.1, 0.15) is 10.7 Å². The van der Waals surface area contributed by atoms with Crippen LogP contribution in [0.15, 0.2) is 35.2 Å². The van der Waals surface area contributed by atoms with Crippen LogP contribution in [-0.4, -0.2) is 60.0 Å². The Morgan fingerprint density at radius 1 is 1.16 bits per heavy atom. The zero-order valence-electron chi connectivity index (χ0n) is 16.5. The summed E-state index contributed by atoms with van der Waals surface area (Å²) in [7, 11) is -4.06. The van der Waals surface area contributed by atoms with Crippen LogP contribution < -0.4 is 10.6 Å². The Morgan fingerprint density at radius 3 is 2.61 bits per heavy atom. The lowest BCUT2D eigenvalue weighted by Gasteiger charge is -2.27. The highest BCUT2D eigenvalue weighted by molar-refractivity contribution is 7.89. The molecule has 2 amide bonds. The zero-order chi connectivity index (χ0) is 22.1. The SMILES string of the molecule is Cc1c(F)cccc1NC(=O)Nc1ccc(Cl)c(S(=O)(=O)N2CC3CC2C2CN32)c1O. The van der Waals surface area contributed by atoms with Gasteiger partial charge in [0, 0.05) is 42.5 Å². The smallest absolute Gasteiger partial charge is 0.323 e. The van der Waals surface area contributed by atoms with Crippen molar-refractivity contribution in [1.82, 2.24) is 9.21 Å². The minimum atomic E-state index is -4.06. The Kier molecular flexibility index (Phi) is 4.67. The van der Waals surface area contributed by atoms with E-state index in [4.69, 9.17) is 11.6 Å². The van der Waals surface area contributed by atoms with Gasteiger partial charge in [-0.15, -0.1) is 0 Å². The number of benzene rings is 2. The van der Waals surface area contributed by atoms with Gasteiger partial charge in [0.25, 0.3) is 0 Å². The van der Waals surface area contributed by atoms with Crippen molar-refractivity contribution in [3.63, 3.8) is 0 Å². The lowest BCUT2D eigenvalue weighted by molar-refractivity contribution is 0.262. The number of carbonyl (C=O) groups is 1. The van der Waals surface area contributed by atoms with E-state index >= 15 is 0 Å². The van der Waals surface area contributed by atoms with E-state index in [0.717, 1.165) is 13.0 Å². The maximum Gasteiger partial charge on any atom is 0.323 e. The van der Waals surface area contributed by atoms with Gasteiger partial charge >= 0.3 is 6.03 Å². The molecular weight excluding hydrogens is 447 g/mol. The van der Waals surface area contributed by atoms with Crippen molar-refractivity contribution in [2.75, 3.05) is 23.7 Å². The molecule has 164 valence electrons. The topological polar surface area (TPSA) is 102 Å². The third-order valence-corrected chi connectivity index (χ3v) is 8.69. The second kappa shape index (κ2) is 7.06. The first kappa shape index (κ1) is 20.5. The van der Waals surface area contributed by atoms with E-state index in [9.17, 15) is 22.7 Å². The van der Waals surface area contributed by atoms with E-state index in [2.05, 4.69) is 15.5 Å². The molecule has 4 atom stereocenters. The second-order valence-corrected chi connectivity index (χ2v) is 10.3. The number of sulfonamides is 1. The molecule has 0 aliphatic carbocycles. The molecule has 0 aromatic heterocycles. The van der Waals surface area contributed by atoms with Crippen LogP contribution in [0, 0.1) is 12.7 Å². The molecule has 5 rings (SSSR count). The van der Waals surface area contributed by atoms with Crippen molar-refractivity contribution >= 4 is 39.0 Å². The molecule has 3 heterocycles. The van der Waals surface area contributed by atoms with E-state index in [1.54, 1.807) is 0 Å². The molecule has 3 aliphatic rings. The van der Waals surface area contributed by atoms with Gasteiger partial charge in [-0.1, -0.05) is 17.7 Å². The number of nitrogens with zero attached hydrogens (tertiary/aromatic N) is 2. The van der Waals surface area contributed by atoms with E-state index in [1.165, 1.54) is 41.6 Å². The Bertz CT molecular complexity index is 1210. The molecule has 4 unspecified atom stereocenters. The van der Waals surface area contributed by atoms with Crippen LogP contribution in [0.4, 0.5) is 20.6 Å². The van der Waals surface area contributed by atoms with E-state index in [-0.39, 0.29) is 40.1 Å². The predicted octanol–water partition coefficient (Wildman–Crippen LogP) is 2.97. The quantitative estimate of drug-likeness (QED) is 0.475. The fourth-order valence-corrected chi connectivity index (χ4v) is 6.94. The zero-order valence-corrected chi connectivity index (χ0v) is 18.0. The van der Waals surface area contributed by atoms with Crippen LogP contribution in [0.2, 0.25) is 5.02 Å². The summed E-state index contributed by atoms with van der Waals surface area (Å²) in [5.41, 5.74) is 0.382. The number of phenolic OH excluding ortho intramolecular Hbond substituents is 1. The summed E-state index contributed by atoms with van der Waals surface area (Å²) in [4.78, 5) is 14.2. The van der Waals surface area contributed by atoms with Gasteiger partial charge in [-0.2, -0.15) is 4.31 Å². The minimum absolute atomic E-state index is 0.119. The Hall–Kier alpha value is -2.40. The number of hydrogen-bond acceptors (Lipinski definition) is 5. The summed E-state index contributed by atoms with van der Waals surface area (Å²) in [6, 6.07) is 6.43. The van der Waals surface area contributed by atoms with Crippen molar-refractivity contribution in [2.24, 2.45) is 0 Å². The maximum atomic E-state index is 13.7. The van der Waals surface area contributed by atoms with E-state index < -0.39 is 32.5 Å². The third kappa shape index (κ3) is 3.25. The van der Waals surface area contributed by atoms with Crippen molar-refractivity contribution in [2.45, 2.75) is 36.4 Å². The second-order valence-electron chi connectivity index (χ2n) is 8.06. The molecule has 0 saturated carbocycles. The first-order chi connectivity index (χ1) is 14.7. The molecule has 2 bridgehead atoms. The number of fused-ring (bicyclic) bond motifs is 5. The standard InChI is InChI=1S/C20H20ClFN4O4S/c1-10-13(22)3-2-4-14(10)23-20(28)24-15-6-5-12(21)19(18(15)27)31(29,30)26-8-11-7-16(26)17-9-25(11)17/h2-6,11,16-17,27H,7-9H2,1H3,(H2,23,24,28). The van der Waals surface area contributed by atoms with Crippen LogP contribution in [0.25, 0.3) is 0 Å². The highest BCUT2D eigenvalue weighted by Gasteiger charge is 2.62. The summed E-state index contributed by atoms with van der Waals surface area (Å²) >= 11 is 6.17. The highest BCUT2D eigenvalue weighted by Crippen LogP contribution is 2.48. The van der Waals surface area contributed by atoms with E-state index in [0.29, 0.717) is 6.54 Å². The van der Waals surface area contributed by atoms with Crippen LogP contribution in [0.3, 0.4) is 0 Å². The summed E-state index contributed by atoms with van der Waals surface area (Å²) in [6.45, 7) is 2.76. The minimum Gasteiger partial charge on any atom is -0.504 e. The number of carbonyl (C=O) groups excluding carboxylic acids is 1. The monoisotopic (exact) mass is 466 g/mol. The average molecular weight is 467 g/mol. The number of piperazine rings is 1. The van der Waals surface area contributed by atoms with Crippen LogP contribution in [0.5, 0.6) is 5.75 Å². The molecule has 11 heteroatoms. The highest BCUT2D eigenvalue weighted by atomic mass is 35.5. The number of phenols is 1. The fraction of sp³-hybridized carbons (Fsp3) is 0.350. The van der Waals surface area contributed by atoms with Gasteiger partial charge in [-0.25, -0.2) is 17.6 Å². The van der Waals surface area contributed by atoms with Crippen molar-refractivity contribution in [3.05, 3.63) is 46.7 Å². The molecule has 3 aliphatic heterocycles. The number of hydrogen-bond donors (Lipinski definition) is 3. The Morgan fingerprint density at radius 2 is 1.90 bits per heavy atom. The first-order valence-electron chi connectivity index (χ1n) is 9.80. The number of halogens is 2. The first-order valence-corrected chi connectivity index (χ1v) is 11.6. The maximum absolute atomic E-state index is 13.7. The number of urea groups is 1. The number of anilines is 2. The lowest BCUT2D eigenvalue weighted by atomic mass is 10.2. The number of amides is 2. The van der Waals surface area contributed by atoms with Crippen LogP contribution in [-0.2, 0) is 10.0 Å². The average Bonchev–Trinajstić information content (AvgIpc) is 3.30. The fourth-order valence-electron chi connectivity index (χ4n) is 4.64. The normalized spacial score (nSPS) is 26.5. The Balaban J connectivity index is 1.41. The number of aromatic hydroxyl groups is 1. The molecule has 3 N–H and O–H groups in total. The van der Waals surface area contributed by atoms with Crippen molar-refractivity contribution in [3.8, 4) is 5.75 Å². The van der Waals surface area contributed by atoms with Gasteiger partial charge in [0.05, 0.1) is 10.7 Å². The summed E-state index contributed by atoms with van der Waals surface area (Å²) < 4.78 is 41.8. The van der Waals surface area contributed by atoms with Gasteiger partial charge in [0.15, 0.2) is 5.75 Å². The van der Waals surface area contributed by atoms with Gasteiger partial charge < -0.3 is 15.7 Å². The summed E-state index contributed by atoms with van der Waals surface area (Å²) in [5.74, 6) is -1.11. The molecule has 2 aromatic rings. The molecular formula is C20H20ClFN4O4S. The number of nitrogens with one attached hydrogen (secondary N) is 2.